The topological polar surface area (TPSA) is 43.6 Å². The van der Waals surface area contributed by atoms with E-state index >= 15 is 0 Å². The van der Waals surface area contributed by atoms with Gasteiger partial charge in [0, 0.05) is 19.2 Å². The summed E-state index contributed by atoms with van der Waals surface area (Å²) in [6.45, 7) is 5.42. The van der Waals surface area contributed by atoms with E-state index in [0.29, 0.717) is 23.5 Å². The predicted octanol–water partition coefficient (Wildman–Crippen LogP) is 4.86. The SMILES string of the molecule is COCCn1c(=NC(=O)c2ccc3ccccc3c2)sc2cc(C)c(C)cc21. The molecule has 0 fully saturated rings. The fourth-order valence-electron chi connectivity index (χ4n) is 3.28. The molecular weight excluding hydrogens is 368 g/mol. The number of rotatable bonds is 4. The molecule has 0 N–H and O–H groups in total. The van der Waals surface area contributed by atoms with Crippen molar-refractivity contribution in [2.45, 2.75) is 20.4 Å². The first-order valence-electron chi connectivity index (χ1n) is 9.24. The number of methoxy groups -OCH3 is 1. The number of aryl methyl sites for hydroxylation is 2. The third-order valence-corrected chi connectivity index (χ3v) is 6.05. The van der Waals surface area contributed by atoms with Gasteiger partial charge < -0.3 is 9.30 Å². The van der Waals surface area contributed by atoms with Crippen molar-refractivity contribution in [3.63, 3.8) is 0 Å². The highest BCUT2D eigenvalue weighted by atomic mass is 32.1. The van der Waals surface area contributed by atoms with Gasteiger partial charge in [-0.1, -0.05) is 41.7 Å². The molecule has 0 saturated heterocycles. The highest BCUT2D eigenvalue weighted by Gasteiger charge is 2.11. The van der Waals surface area contributed by atoms with Crippen LogP contribution in [0.2, 0.25) is 0 Å². The second-order valence-corrected chi connectivity index (χ2v) is 7.92. The van der Waals surface area contributed by atoms with Crippen molar-refractivity contribution >= 4 is 38.2 Å². The standard InChI is InChI=1S/C23H22N2O2S/c1-15-12-20-21(13-16(15)2)28-23(25(20)10-11-27-3)24-22(26)19-9-8-17-6-4-5-7-18(17)14-19/h4-9,12-14H,10-11H2,1-3H3. The number of carbonyl (C=O) groups excluding carboxylic acids is 1. The summed E-state index contributed by atoms with van der Waals surface area (Å²) in [6, 6.07) is 18.1. The normalized spacial score (nSPS) is 12.2. The van der Waals surface area contributed by atoms with Crippen LogP contribution in [0, 0.1) is 13.8 Å². The number of hydrogen-bond acceptors (Lipinski definition) is 3. The van der Waals surface area contributed by atoms with Crippen LogP contribution in [0.1, 0.15) is 21.5 Å². The molecule has 1 amide bonds. The van der Waals surface area contributed by atoms with Gasteiger partial charge >= 0.3 is 0 Å². The van der Waals surface area contributed by atoms with Gasteiger partial charge in [-0.05, 0) is 60.0 Å². The van der Waals surface area contributed by atoms with Crippen molar-refractivity contribution in [1.82, 2.24) is 4.57 Å². The van der Waals surface area contributed by atoms with Gasteiger partial charge in [-0.25, -0.2) is 0 Å². The van der Waals surface area contributed by atoms with Crippen LogP contribution >= 0.6 is 11.3 Å². The average Bonchev–Trinajstić information content (AvgIpc) is 3.02. The molecule has 0 aliphatic rings. The first-order valence-corrected chi connectivity index (χ1v) is 10.1. The molecule has 142 valence electrons. The Bertz CT molecular complexity index is 1250. The van der Waals surface area contributed by atoms with Gasteiger partial charge in [0.1, 0.15) is 0 Å². The van der Waals surface area contributed by atoms with Crippen LogP contribution in [-0.4, -0.2) is 24.2 Å². The molecule has 0 saturated carbocycles. The molecular formula is C23H22N2O2S. The maximum atomic E-state index is 12.9. The zero-order valence-corrected chi connectivity index (χ0v) is 17.0. The molecule has 0 radical (unpaired) electrons. The van der Waals surface area contributed by atoms with Gasteiger partial charge in [0.2, 0.25) is 0 Å². The Morgan fingerprint density at radius 3 is 2.57 bits per heavy atom. The largest absolute Gasteiger partial charge is 0.383 e. The molecule has 0 aliphatic carbocycles. The van der Waals surface area contributed by atoms with E-state index in [0.717, 1.165) is 21.0 Å². The number of benzene rings is 3. The van der Waals surface area contributed by atoms with Crippen LogP contribution in [0.3, 0.4) is 0 Å². The van der Waals surface area contributed by atoms with Crippen LogP contribution in [0.15, 0.2) is 59.6 Å². The summed E-state index contributed by atoms with van der Waals surface area (Å²) >= 11 is 1.54. The molecule has 4 rings (SSSR count). The third kappa shape index (κ3) is 3.51. The van der Waals surface area contributed by atoms with Crippen molar-refractivity contribution in [2.24, 2.45) is 4.99 Å². The Morgan fingerprint density at radius 1 is 1.04 bits per heavy atom. The summed E-state index contributed by atoms with van der Waals surface area (Å²) in [7, 11) is 1.68. The van der Waals surface area contributed by atoms with Gasteiger partial charge in [0.25, 0.3) is 5.91 Å². The fourth-order valence-corrected chi connectivity index (χ4v) is 4.41. The quantitative estimate of drug-likeness (QED) is 0.499. The molecule has 3 aromatic carbocycles. The van der Waals surface area contributed by atoms with Gasteiger partial charge in [-0.15, -0.1) is 0 Å². The lowest BCUT2D eigenvalue weighted by Gasteiger charge is -2.06. The van der Waals surface area contributed by atoms with E-state index in [1.807, 2.05) is 42.5 Å². The summed E-state index contributed by atoms with van der Waals surface area (Å²) in [6.07, 6.45) is 0. The number of thiazole rings is 1. The number of aromatic nitrogens is 1. The molecule has 5 heteroatoms. The lowest BCUT2D eigenvalue weighted by Crippen LogP contribution is -2.19. The predicted molar refractivity (Wildman–Crippen MR) is 115 cm³/mol. The Balaban J connectivity index is 1.83. The highest BCUT2D eigenvalue weighted by molar-refractivity contribution is 7.16. The molecule has 1 aromatic heterocycles. The van der Waals surface area contributed by atoms with Gasteiger partial charge in [-0.3, -0.25) is 4.79 Å². The Morgan fingerprint density at radius 2 is 1.79 bits per heavy atom. The van der Waals surface area contributed by atoms with E-state index in [9.17, 15) is 4.79 Å². The molecule has 4 nitrogen and oxygen atoms in total. The first kappa shape index (κ1) is 18.6. The molecule has 28 heavy (non-hydrogen) atoms. The number of carbonyl (C=O) groups is 1. The monoisotopic (exact) mass is 390 g/mol. The number of amides is 1. The van der Waals surface area contributed by atoms with Crippen molar-refractivity contribution in [3.8, 4) is 0 Å². The Kier molecular flexibility index (Phi) is 5.11. The Labute approximate surface area is 167 Å². The molecule has 4 aromatic rings. The van der Waals surface area contributed by atoms with E-state index in [-0.39, 0.29) is 5.91 Å². The van der Waals surface area contributed by atoms with Gasteiger partial charge in [-0.2, -0.15) is 4.99 Å². The summed E-state index contributed by atoms with van der Waals surface area (Å²) in [5, 5.41) is 2.15. The average molecular weight is 391 g/mol. The minimum atomic E-state index is -0.225. The summed E-state index contributed by atoms with van der Waals surface area (Å²) < 4.78 is 8.48. The first-order chi connectivity index (χ1) is 13.6. The summed E-state index contributed by atoms with van der Waals surface area (Å²) in [5.41, 5.74) is 4.15. The fraction of sp³-hybridized carbons (Fsp3) is 0.217. The van der Waals surface area contributed by atoms with E-state index < -0.39 is 0 Å². The number of fused-ring (bicyclic) bond motifs is 2. The minimum Gasteiger partial charge on any atom is -0.383 e. The smallest absolute Gasteiger partial charge is 0.279 e. The maximum absolute atomic E-state index is 12.9. The van der Waals surface area contributed by atoms with Crippen molar-refractivity contribution in [2.75, 3.05) is 13.7 Å². The lowest BCUT2D eigenvalue weighted by atomic mass is 10.1. The summed E-state index contributed by atoms with van der Waals surface area (Å²) in [5.74, 6) is -0.225. The van der Waals surface area contributed by atoms with Crippen molar-refractivity contribution in [1.29, 1.82) is 0 Å². The van der Waals surface area contributed by atoms with Crippen molar-refractivity contribution in [3.05, 3.63) is 76.1 Å². The minimum absolute atomic E-state index is 0.225. The molecule has 0 spiro atoms. The van der Waals surface area contributed by atoms with Crippen molar-refractivity contribution < 1.29 is 9.53 Å². The second kappa shape index (κ2) is 7.70. The number of nitrogens with zero attached hydrogens (tertiary/aromatic N) is 2. The molecule has 0 bridgehead atoms. The van der Waals surface area contributed by atoms with Crippen LogP contribution in [0.25, 0.3) is 21.0 Å². The third-order valence-electron chi connectivity index (χ3n) is 5.01. The molecule has 0 aliphatic heterocycles. The molecule has 1 heterocycles. The van der Waals surface area contributed by atoms with E-state index in [1.165, 1.54) is 11.1 Å². The molecule has 0 atom stereocenters. The molecule has 0 unspecified atom stereocenters. The zero-order valence-electron chi connectivity index (χ0n) is 16.2. The summed E-state index contributed by atoms with van der Waals surface area (Å²) in [4.78, 5) is 18.1. The van der Waals surface area contributed by atoms with Gasteiger partial charge in [0.05, 0.1) is 16.8 Å². The van der Waals surface area contributed by atoms with E-state index in [2.05, 4.69) is 35.5 Å². The van der Waals surface area contributed by atoms with Crippen LogP contribution in [0.4, 0.5) is 0 Å². The highest BCUT2D eigenvalue weighted by Crippen LogP contribution is 2.22. The van der Waals surface area contributed by atoms with E-state index in [4.69, 9.17) is 4.74 Å². The number of ether oxygens (including phenoxy) is 1. The second-order valence-electron chi connectivity index (χ2n) is 6.91. The van der Waals surface area contributed by atoms with Gasteiger partial charge in [0.15, 0.2) is 4.80 Å². The number of hydrogen-bond donors (Lipinski definition) is 0. The zero-order chi connectivity index (χ0) is 19.7. The Hall–Kier alpha value is -2.76. The lowest BCUT2D eigenvalue weighted by molar-refractivity contribution is 0.0997. The van der Waals surface area contributed by atoms with E-state index in [1.54, 1.807) is 18.4 Å². The maximum Gasteiger partial charge on any atom is 0.279 e. The van der Waals surface area contributed by atoms with Crippen LogP contribution in [-0.2, 0) is 11.3 Å². The van der Waals surface area contributed by atoms with Crippen LogP contribution < -0.4 is 4.80 Å². The van der Waals surface area contributed by atoms with Crippen LogP contribution in [0.5, 0.6) is 0 Å².